The molecule has 0 saturated carbocycles. The highest BCUT2D eigenvalue weighted by molar-refractivity contribution is 7.99. The molecule has 30 heavy (non-hydrogen) atoms. The number of allylic oxidation sites excluding steroid dienone is 1. The van der Waals surface area contributed by atoms with E-state index in [9.17, 15) is 9.59 Å². The van der Waals surface area contributed by atoms with Crippen LogP contribution in [0.4, 0.5) is 5.69 Å². The highest BCUT2D eigenvalue weighted by atomic mass is 35.5. The number of benzene rings is 1. The number of aromatic nitrogens is 2. The molecule has 0 fully saturated rings. The molecule has 0 saturated heterocycles. The first-order valence-corrected chi connectivity index (χ1v) is 12.0. The van der Waals surface area contributed by atoms with Gasteiger partial charge in [0.1, 0.15) is 4.83 Å². The quantitative estimate of drug-likeness (QED) is 0.210. The Balaban J connectivity index is 1.63. The zero-order valence-corrected chi connectivity index (χ0v) is 18.8. The van der Waals surface area contributed by atoms with Crippen LogP contribution in [-0.4, -0.2) is 21.2 Å². The number of thiophene rings is 2. The number of thioether (sulfide) groups is 1. The lowest BCUT2D eigenvalue weighted by atomic mass is 10.2. The van der Waals surface area contributed by atoms with E-state index >= 15 is 0 Å². The van der Waals surface area contributed by atoms with Gasteiger partial charge in [0, 0.05) is 22.4 Å². The summed E-state index contributed by atoms with van der Waals surface area (Å²) in [7, 11) is 0. The van der Waals surface area contributed by atoms with Crippen LogP contribution < -0.4 is 10.9 Å². The van der Waals surface area contributed by atoms with Gasteiger partial charge in [0.25, 0.3) is 5.56 Å². The number of amides is 1. The van der Waals surface area contributed by atoms with E-state index in [0.717, 1.165) is 10.4 Å². The predicted molar refractivity (Wildman–Crippen MR) is 128 cm³/mol. The van der Waals surface area contributed by atoms with Gasteiger partial charge in [0.05, 0.1) is 21.8 Å². The fraction of sp³-hybridized carbons (Fsp3) is 0.0952. The van der Waals surface area contributed by atoms with E-state index in [4.69, 9.17) is 11.6 Å². The smallest absolute Gasteiger partial charge is 0.263 e. The second-order valence-corrected chi connectivity index (χ2v) is 9.38. The van der Waals surface area contributed by atoms with Crippen molar-refractivity contribution in [3.63, 3.8) is 0 Å². The Labute approximate surface area is 190 Å². The molecule has 4 aromatic rings. The number of para-hydroxylation sites is 1. The number of carbonyl (C=O) groups is 1. The van der Waals surface area contributed by atoms with Crippen molar-refractivity contribution in [2.75, 3.05) is 11.1 Å². The lowest BCUT2D eigenvalue weighted by Gasteiger charge is -2.11. The lowest BCUT2D eigenvalue weighted by molar-refractivity contribution is -0.113. The molecule has 0 radical (unpaired) electrons. The number of fused-ring (bicyclic) bond motifs is 1. The molecule has 0 aliphatic carbocycles. The van der Waals surface area contributed by atoms with Gasteiger partial charge in [-0.15, -0.1) is 29.3 Å². The molecule has 0 spiro atoms. The number of carbonyl (C=O) groups excluding carboxylic acids is 1. The van der Waals surface area contributed by atoms with Crippen LogP contribution in [0.25, 0.3) is 20.7 Å². The average molecular weight is 474 g/mol. The van der Waals surface area contributed by atoms with Gasteiger partial charge in [-0.25, -0.2) is 4.98 Å². The van der Waals surface area contributed by atoms with E-state index in [-0.39, 0.29) is 17.2 Å². The Morgan fingerprint density at radius 1 is 1.27 bits per heavy atom. The molecule has 0 bridgehead atoms. The minimum atomic E-state index is -0.224. The minimum Gasteiger partial charge on any atom is -0.324 e. The van der Waals surface area contributed by atoms with E-state index in [2.05, 4.69) is 16.9 Å². The van der Waals surface area contributed by atoms with Gasteiger partial charge in [0.15, 0.2) is 5.16 Å². The second kappa shape index (κ2) is 9.18. The zero-order valence-electron chi connectivity index (χ0n) is 15.6. The predicted octanol–water partition coefficient (Wildman–Crippen LogP) is 5.76. The summed E-state index contributed by atoms with van der Waals surface area (Å²) in [6, 6.07) is 11.0. The van der Waals surface area contributed by atoms with Crippen LogP contribution in [0.2, 0.25) is 5.02 Å². The fourth-order valence-electron chi connectivity index (χ4n) is 2.90. The molecule has 152 valence electrons. The average Bonchev–Trinajstić information content (AvgIpc) is 3.40. The molecule has 5 nitrogen and oxygen atoms in total. The molecule has 1 amide bonds. The van der Waals surface area contributed by atoms with E-state index in [1.165, 1.54) is 23.1 Å². The summed E-state index contributed by atoms with van der Waals surface area (Å²) in [6.07, 6.45) is 1.65. The van der Waals surface area contributed by atoms with Crippen molar-refractivity contribution in [1.29, 1.82) is 0 Å². The second-order valence-electron chi connectivity index (χ2n) is 6.22. The minimum absolute atomic E-state index is 0.101. The molecule has 0 unspecified atom stereocenters. The largest absolute Gasteiger partial charge is 0.324 e. The summed E-state index contributed by atoms with van der Waals surface area (Å²) in [6.45, 7) is 4.07. The van der Waals surface area contributed by atoms with Crippen LogP contribution in [-0.2, 0) is 11.3 Å². The summed E-state index contributed by atoms with van der Waals surface area (Å²) in [4.78, 5) is 32.0. The van der Waals surface area contributed by atoms with Crippen molar-refractivity contribution < 1.29 is 4.79 Å². The first-order valence-electron chi connectivity index (χ1n) is 8.92. The Bertz CT molecular complexity index is 1280. The molecular weight excluding hydrogens is 458 g/mol. The number of nitrogens with one attached hydrogen (secondary N) is 1. The summed E-state index contributed by atoms with van der Waals surface area (Å²) >= 11 is 10.3. The Morgan fingerprint density at radius 2 is 2.10 bits per heavy atom. The fourth-order valence-corrected chi connectivity index (χ4v) is 5.69. The van der Waals surface area contributed by atoms with Gasteiger partial charge >= 0.3 is 0 Å². The number of anilines is 1. The topological polar surface area (TPSA) is 64.0 Å². The third kappa shape index (κ3) is 4.22. The molecule has 4 rings (SSSR count). The summed E-state index contributed by atoms with van der Waals surface area (Å²) in [5.41, 5.74) is 1.32. The number of hydrogen-bond acceptors (Lipinski definition) is 6. The Hall–Kier alpha value is -2.39. The van der Waals surface area contributed by atoms with Gasteiger partial charge in [-0.05, 0) is 23.6 Å². The maximum Gasteiger partial charge on any atom is 0.263 e. The first-order chi connectivity index (χ1) is 14.6. The molecule has 1 N–H and O–H groups in total. The third-order valence-electron chi connectivity index (χ3n) is 4.24. The van der Waals surface area contributed by atoms with Gasteiger partial charge in [-0.1, -0.05) is 47.6 Å². The van der Waals surface area contributed by atoms with Crippen molar-refractivity contribution in [1.82, 2.24) is 9.55 Å². The molecular formula is C21H16ClN3O2S3. The Kier molecular flexibility index (Phi) is 6.38. The first kappa shape index (κ1) is 20.9. The maximum atomic E-state index is 13.3. The summed E-state index contributed by atoms with van der Waals surface area (Å²) in [5.74, 6) is -0.123. The SMILES string of the molecule is C=CCn1c(SCC(=O)Nc2ccccc2Cl)nc2scc(-c3cccs3)c2c1=O. The van der Waals surface area contributed by atoms with Crippen LogP contribution in [0, 0.1) is 0 Å². The molecule has 0 aliphatic rings. The molecule has 0 atom stereocenters. The summed E-state index contributed by atoms with van der Waals surface area (Å²) in [5, 5.41) is 8.29. The van der Waals surface area contributed by atoms with Crippen molar-refractivity contribution >= 4 is 67.8 Å². The molecule has 3 aromatic heterocycles. The summed E-state index contributed by atoms with van der Waals surface area (Å²) < 4.78 is 1.56. The van der Waals surface area contributed by atoms with Crippen LogP contribution in [0.15, 0.2) is 69.8 Å². The highest BCUT2D eigenvalue weighted by Gasteiger charge is 2.18. The van der Waals surface area contributed by atoms with E-state index < -0.39 is 0 Å². The molecule has 9 heteroatoms. The number of hydrogen-bond donors (Lipinski definition) is 1. The molecule has 3 heterocycles. The van der Waals surface area contributed by atoms with Crippen molar-refractivity contribution in [2.24, 2.45) is 0 Å². The highest BCUT2D eigenvalue weighted by Crippen LogP contribution is 2.34. The van der Waals surface area contributed by atoms with Gasteiger partial charge in [0.2, 0.25) is 5.91 Å². The third-order valence-corrected chi connectivity index (χ3v) is 7.32. The van der Waals surface area contributed by atoms with Gasteiger partial charge in [-0.3, -0.25) is 14.2 Å². The number of nitrogens with zero attached hydrogens (tertiary/aromatic N) is 2. The number of rotatable bonds is 7. The van der Waals surface area contributed by atoms with Crippen molar-refractivity contribution in [3.8, 4) is 10.4 Å². The van der Waals surface area contributed by atoms with E-state index in [0.29, 0.717) is 32.6 Å². The van der Waals surface area contributed by atoms with Crippen LogP contribution >= 0.6 is 46.0 Å². The lowest BCUT2D eigenvalue weighted by Crippen LogP contribution is -2.23. The van der Waals surface area contributed by atoms with Crippen LogP contribution in [0.3, 0.4) is 0 Å². The van der Waals surface area contributed by atoms with Crippen molar-refractivity contribution in [3.05, 3.63) is 75.2 Å². The molecule has 0 aliphatic heterocycles. The number of halogens is 1. The maximum absolute atomic E-state index is 13.3. The van der Waals surface area contributed by atoms with E-state index in [1.54, 1.807) is 46.2 Å². The Morgan fingerprint density at radius 3 is 2.83 bits per heavy atom. The normalized spacial score (nSPS) is 11.0. The van der Waals surface area contributed by atoms with Gasteiger partial charge in [-0.2, -0.15) is 0 Å². The molecule has 1 aromatic carbocycles. The zero-order chi connectivity index (χ0) is 21.1. The van der Waals surface area contributed by atoms with Crippen molar-refractivity contribution in [2.45, 2.75) is 11.7 Å². The monoisotopic (exact) mass is 473 g/mol. The standard InChI is InChI=1S/C21H16ClN3O2S3/c1-2-9-25-20(27)18-13(16-8-5-10-28-16)11-29-19(18)24-21(25)30-12-17(26)23-15-7-4-3-6-14(15)22/h2-8,10-11H,1,9,12H2,(H,23,26). The van der Waals surface area contributed by atoms with E-state index in [1.807, 2.05) is 22.9 Å². The van der Waals surface area contributed by atoms with Crippen LogP contribution in [0.5, 0.6) is 0 Å². The van der Waals surface area contributed by atoms with Gasteiger partial charge < -0.3 is 5.32 Å². The van der Waals surface area contributed by atoms with Crippen LogP contribution in [0.1, 0.15) is 0 Å².